The van der Waals surface area contributed by atoms with Crippen molar-refractivity contribution in [2.24, 2.45) is 34.3 Å². The summed E-state index contributed by atoms with van der Waals surface area (Å²) >= 11 is 0. The Hall–Kier alpha value is -4.00. The van der Waals surface area contributed by atoms with Crippen molar-refractivity contribution >= 4 is 24.0 Å². The highest BCUT2D eigenvalue weighted by atomic mass is 16.6. The van der Waals surface area contributed by atoms with E-state index in [1.165, 1.54) is 0 Å². The number of fused-ring (bicyclic) bond motifs is 5. The highest BCUT2D eigenvalue weighted by molar-refractivity contribution is 5.93. The lowest BCUT2D eigenvalue weighted by Crippen LogP contribution is -2.72. The summed E-state index contributed by atoms with van der Waals surface area (Å²) in [6.07, 6.45) is 3.23. The Labute approximate surface area is 307 Å². The van der Waals surface area contributed by atoms with E-state index in [1.54, 1.807) is 13.8 Å². The zero-order valence-electron chi connectivity index (χ0n) is 31.7. The number of benzene rings is 1. The van der Waals surface area contributed by atoms with Crippen LogP contribution in [-0.2, 0) is 30.2 Å². The van der Waals surface area contributed by atoms with Gasteiger partial charge in [-0.15, -0.1) is 12.8 Å². The second-order valence-electron chi connectivity index (χ2n) is 13.3. The van der Waals surface area contributed by atoms with E-state index in [9.17, 15) is 24.9 Å². The molecule has 9 atom stereocenters. The SMILES string of the molecule is C#C.CC.CC1=C2[C@@H](O)C(=O)[C@]3(C)[C@@H](O)C[C@H]4OCC4[C@H]3[C@H](C)[C@](O)(C[C@@H]1OC(=O)CCc1ccccc1)C2(C)C.CO.COC(=O)O.NC(=O)O. The van der Waals surface area contributed by atoms with Crippen LogP contribution >= 0.6 is 0 Å². The lowest BCUT2D eigenvalue weighted by atomic mass is 9.44. The van der Waals surface area contributed by atoms with Crippen LogP contribution in [0.25, 0.3) is 0 Å². The number of hydrogen-bond acceptors (Lipinski definition) is 11. The Balaban J connectivity index is 0.00000150. The van der Waals surface area contributed by atoms with Crippen LogP contribution in [-0.4, -0.2) is 105 Å². The zero-order valence-corrected chi connectivity index (χ0v) is 31.7. The van der Waals surface area contributed by atoms with Crippen molar-refractivity contribution < 1.29 is 64.0 Å². The summed E-state index contributed by atoms with van der Waals surface area (Å²) < 4.78 is 15.3. The third kappa shape index (κ3) is 10.1. The number of esters is 1. The molecular weight excluding hydrogens is 678 g/mol. The number of carbonyl (C=O) groups excluding carboxylic acids is 2. The minimum Gasteiger partial charge on any atom is -0.465 e. The van der Waals surface area contributed by atoms with E-state index < -0.39 is 64.6 Å². The van der Waals surface area contributed by atoms with Gasteiger partial charge in [0.1, 0.15) is 12.2 Å². The monoisotopic (exact) mass is 737 g/mol. The van der Waals surface area contributed by atoms with Gasteiger partial charge in [0.05, 0.1) is 36.9 Å². The number of hydrogen-bond donors (Lipinski definition) is 7. The Morgan fingerprint density at radius 3 is 1.98 bits per heavy atom. The highest BCUT2D eigenvalue weighted by Crippen LogP contribution is 2.63. The van der Waals surface area contributed by atoms with Gasteiger partial charge < -0.3 is 50.6 Å². The topological polar surface area (TPSA) is 243 Å². The predicted octanol–water partition coefficient (Wildman–Crippen LogP) is 3.81. The first-order valence-electron chi connectivity index (χ1n) is 17.1. The van der Waals surface area contributed by atoms with Crippen molar-refractivity contribution in [2.75, 3.05) is 20.8 Å². The van der Waals surface area contributed by atoms with Crippen LogP contribution in [0.4, 0.5) is 9.59 Å². The molecule has 1 aromatic rings. The zero-order chi connectivity index (χ0) is 40.8. The third-order valence-corrected chi connectivity index (χ3v) is 10.7. The minimum absolute atomic E-state index is 0.000184. The van der Waals surface area contributed by atoms with Crippen molar-refractivity contribution in [1.82, 2.24) is 0 Å². The van der Waals surface area contributed by atoms with Crippen molar-refractivity contribution in [2.45, 2.75) is 104 Å². The first-order valence-corrected chi connectivity index (χ1v) is 17.1. The van der Waals surface area contributed by atoms with Crippen LogP contribution in [0.15, 0.2) is 41.5 Å². The van der Waals surface area contributed by atoms with Crippen LogP contribution in [0.1, 0.15) is 73.3 Å². The van der Waals surface area contributed by atoms with Crippen molar-refractivity contribution in [3.05, 3.63) is 47.0 Å². The molecule has 3 aliphatic carbocycles. The summed E-state index contributed by atoms with van der Waals surface area (Å²) in [6.45, 7) is 13.7. The molecule has 52 heavy (non-hydrogen) atoms. The molecule has 0 radical (unpaired) electrons. The van der Waals surface area contributed by atoms with E-state index in [-0.39, 0.29) is 30.8 Å². The van der Waals surface area contributed by atoms with Gasteiger partial charge in [-0.25, -0.2) is 9.59 Å². The summed E-state index contributed by atoms with van der Waals surface area (Å²) in [5.41, 5.74) is 2.49. The number of aryl methyl sites for hydroxylation is 1. The Bertz CT molecular complexity index is 1370. The van der Waals surface area contributed by atoms with E-state index >= 15 is 0 Å². The van der Waals surface area contributed by atoms with E-state index in [0.29, 0.717) is 30.6 Å². The van der Waals surface area contributed by atoms with Gasteiger partial charge in [0.25, 0.3) is 0 Å². The highest BCUT2D eigenvalue weighted by Gasteiger charge is 2.69. The van der Waals surface area contributed by atoms with Gasteiger partial charge in [-0.2, -0.15) is 0 Å². The first kappa shape index (κ1) is 48.0. The number of methoxy groups -OCH3 is 1. The number of amides is 1. The fraction of sp³-hybridized carbons (Fsp3) is 0.632. The molecule has 0 spiro atoms. The van der Waals surface area contributed by atoms with Crippen molar-refractivity contribution in [3.8, 4) is 12.8 Å². The maximum Gasteiger partial charge on any atom is 0.505 e. The van der Waals surface area contributed by atoms with Crippen LogP contribution in [0, 0.1) is 41.4 Å². The molecular formula is C38H59NO13. The van der Waals surface area contributed by atoms with Crippen LogP contribution in [0.5, 0.6) is 0 Å². The van der Waals surface area contributed by atoms with Gasteiger partial charge in [-0.1, -0.05) is 65.0 Å². The summed E-state index contributed by atoms with van der Waals surface area (Å²) in [4.78, 5) is 44.9. The fourth-order valence-corrected chi connectivity index (χ4v) is 8.14. The molecule has 0 aromatic heterocycles. The normalized spacial score (nSPS) is 31.7. The van der Waals surface area contributed by atoms with Gasteiger partial charge in [0.15, 0.2) is 5.78 Å². The number of primary amides is 1. The average Bonchev–Trinajstić information content (AvgIpc) is 3.11. The molecule has 4 aliphatic rings. The number of nitrogens with two attached hydrogens (primary N) is 1. The lowest BCUT2D eigenvalue weighted by molar-refractivity contribution is -0.261. The summed E-state index contributed by atoms with van der Waals surface area (Å²) in [6, 6.07) is 9.69. The maximum atomic E-state index is 14.0. The third-order valence-electron chi connectivity index (χ3n) is 10.7. The molecule has 1 amide bonds. The molecule has 1 heterocycles. The van der Waals surface area contributed by atoms with E-state index in [2.05, 4.69) is 23.3 Å². The summed E-state index contributed by atoms with van der Waals surface area (Å²) in [5, 5.41) is 57.0. The number of rotatable bonds is 4. The molecule has 8 N–H and O–H groups in total. The van der Waals surface area contributed by atoms with Gasteiger partial charge >= 0.3 is 18.2 Å². The number of ketones is 1. The second kappa shape index (κ2) is 20.9. The number of terminal acetylenes is 1. The van der Waals surface area contributed by atoms with Crippen LogP contribution in [0.2, 0.25) is 0 Å². The Morgan fingerprint density at radius 1 is 1.04 bits per heavy atom. The van der Waals surface area contributed by atoms with Gasteiger partial charge in [-0.3, -0.25) is 9.59 Å². The minimum atomic E-state index is -1.51. The molecule has 2 saturated carbocycles. The number of aliphatic hydroxyl groups is 4. The van der Waals surface area contributed by atoms with Crippen LogP contribution in [0.3, 0.4) is 0 Å². The quantitative estimate of drug-likeness (QED) is 0.132. The molecule has 14 nitrogen and oxygen atoms in total. The van der Waals surface area contributed by atoms with Gasteiger partial charge in [-0.05, 0) is 48.8 Å². The van der Waals surface area contributed by atoms with E-state index in [1.807, 2.05) is 65.0 Å². The number of carbonyl (C=O) groups is 4. The average molecular weight is 738 g/mol. The molecule has 2 bridgehead atoms. The molecule has 5 rings (SSSR count). The van der Waals surface area contributed by atoms with Gasteiger partial charge in [0.2, 0.25) is 0 Å². The lowest BCUT2D eigenvalue weighted by Gasteiger charge is -2.64. The van der Waals surface area contributed by atoms with Gasteiger partial charge in [0, 0.05) is 37.7 Å². The Morgan fingerprint density at radius 2 is 1.54 bits per heavy atom. The predicted molar refractivity (Wildman–Crippen MR) is 193 cm³/mol. The number of aliphatic hydroxyl groups excluding tert-OH is 3. The summed E-state index contributed by atoms with van der Waals surface area (Å²) in [5.74, 6) is -1.63. The van der Waals surface area contributed by atoms with E-state index in [4.69, 9.17) is 34.4 Å². The fourth-order valence-electron chi connectivity index (χ4n) is 8.14. The molecule has 1 unspecified atom stereocenters. The molecule has 1 saturated heterocycles. The van der Waals surface area contributed by atoms with Crippen molar-refractivity contribution in [1.29, 1.82) is 0 Å². The Kier molecular flexibility index (Phi) is 19.3. The van der Waals surface area contributed by atoms with Crippen molar-refractivity contribution in [3.63, 3.8) is 0 Å². The molecule has 294 valence electrons. The number of ether oxygens (including phenoxy) is 3. The first-order chi connectivity index (χ1) is 24.3. The largest absolute Gasteiger partial charge is 0.505 e. The van der Waals surface area contributed by atoms with Crippen LogP contribution < -0.4 is 5.73 Å². The maximum absolute atomic E-state index is 14.0. The number of Topliss-reactive ketones (excluding diaryl/α,β-unsaturated/α-hetero) is 1. The smallest absolute Gasteiger partial charge is 0.465 e. The number of carboxylic acid groups (broad SMARTS) is 2. The molecule has 1 aromatic carbocycles. The molecule has 1 aliphatic heterocycles. The molecule has 3 fully saturated rings. The molecule has 14 heteroatoms. The second-order valence-corrected chi connectivity index (χ2v) is 13.3. The standard InChI is InChI=1S/C30H40O7.C2H4O3.C2H6.C2H2.CH3NO2.CH4O/c1-16-21(37-23(32)12-11-18-9-7-6-8-10-18)14-30(35)17(2)25-19-15-36-20(19)13-22(31)29(25,5)27(34)26(33)24(16)28(30,3)4;1-5-2(3)4;2*1-2;2-1(3)4;1-2/h6-10,17,19-22,25-26,31,33,35H,11-15H2,1-5H3;1H3,(H,3,4);1-2H3;1-2H;2H2,(H,3,4);2H,1H3/t17-,19?,20+,21-,22-,25+,26+,29+,30+;;;;;/m0...../s1. The van der Waals surface area contributed by atoms with E-state index in [0.717, 1.165) is 19.8 Å². The summed E-state index contributed by atoms with van der Waals surface area (Å²) in [7, 11) is 2.10.